The molecule has 6 nitrogen and oxygen atoms in total. The second-order valence-electron chi connectivity index (χ2n) is 4.05. The highest BCUT2D eigenvalue weighted by atomic mass is 19.4. The lowest BCUT2D eigenvalue weighted by molar-refractivity contribution is -0.138. The maximum Gasteiger partial charge on any atom is 0.416 e. The van der Waals surface area contributed by atoms with Crippen molar-refractivity contribution in [2.45, 2.75) is 12.2 Å². The number of nitrogens with one attached hydrogen (secondary N) is 1. The second kappa shape index (κ2) is 6.02. The Balaban J connectivity index is 2.51. The molecule has 2 aromatic rings. The van der Waals surface area contributed by atoms with Crippen LogP contribution in [0.4, 0.5) is 13.2 Å². The van der Waals surface area contributed by atoms with Crippen molar-refractivity contribution in [1.29, 1.82) is 0 Å². The number of nitrogens with zero attached hydrogens (tertiary/aromatic N) is 3. The Morgan fingerprint density at radius 3 is 2.71 bits per heavy atom. The number of alkyl halides is 3. The summed E-state index contributed by atoms with van der Waals surface area (Å²) in [5, 5.41) is 0. The van der Waals surface area contributed by atoms with Gasteiger partial charge in [-0.05, 0) is 6.07 Å². The minimum Gasteiger partial charge on any atom is -0.481 e. The lowest BCUT2D eigenvalue weighted by Crippen LogP contribution is -2.31. The van der Waals surface area contributed by atoms with Gasteiger partial charge in [-0.3, -0.25) is 10.8 Å². The van der Waals surface area contributed by atoms with Gasteiger partial charge in [-0.25, -0.2) is 15.4 Å². The van der Waals surface area contributed by atoms with Gasteiger partial charge in [-0.15, -0.1) is 0 Å². The Morgan fingerprint density at radius 1 is 1.33 bits per heavy atom. The zero-order valence-corrected chi connectivity index (χ0v) is 10.9. The summed E-state index contributed by atoms with van der Waals surface area (Å²) < 4.78 is 44.1. The minimum atomic E-state index is -4.52. The molecule has 1 atom stereocenters. The summed E-state index contributed by atoms with van der Waals surface area (Å²) in [5.74, 6) is 5.61. The van der Waals surface area contributed by atoms with Crippen molar-refractivity contribution in [3.8, 4) is 5.88 Å². The Bertz CT molecular complexity index is 620. The van der Waals surface area contributed by atoms with Crippen molar-refractivity contribution in [2.24, 2.45) is 5.84 Å². The second-order valence-corrected chi connectivity index (χ2v) is 4.05. The molecule has 0 saturated heterocycles. The predicted octanol–water partition coefficient (Wildman–Crippen LogP) is 1.45. The van der Waals surface area contributed by atoms with Crippen LogP contribution in [0.5, 0.6) is 5.88 Å². The van der Waals surface area contributed by atoms with Crippen molar-refractivity contribution < 1.29 is 17.9 Å². The van der Waals surface area contributed by atoms with E-state index in [1.54, 1.807) is 0 Å². The smallest absolute Gasteiger partial charge is 0.416 e. The van der Waals surface area contributed by atoms with Gasteiger partial charge in [0.25, 0.3) is 0 Å². The number of ether oxygens (including phenoxy) is 1. The number of methoxy groups -OCH3 is 1. The SMILES string of the molecule is COc1cc(C(NN)c2cnccc2C(F)(F)F)ncn1. The third kappa shape index (κ3) is 3.26. The topological polar surface area (TPSA) is 86.0 Å². The lowest BCUT2D eigenvalue weighted by atomic mass is 10.00. The summed E-state index contributed by atoms with van der Waals surface area (Å²) in [4.78, 5) is 11.5. The van der Waals surface area contributed by atoms with Gasteiger partial charge in [0.15, 0.2) is 0 Å². The Morgan fingerprint density at radius 2 is 2.10 bits per heavy atom. The molecule has 2 rings (SSSR count). The molecule has 0 aliphatic heterocycles. The molecular weight excluding hydrogens is 287 g/mol. The molecule has 112 valence electrons. The molecule has 0 aromatic carbocycles. The fraction of sp³-hybridized carbons (Fsp3) is 0.250. The molecule has 2 heterocycles. The van der Waals surface area contributed by atoms with Crippen molar-refractivity contribution >= 4 is 0 Å². The van der Waals surface area contributed by atoms with E-state index in [2.05, 4.69) is 20.4 Å². The predicted molar refractivity (Wildman–Crippen MR) is 67.0 cm³/mol. The molecule has 0 aliphatic rings. The molecule has 0 amide bonds. The summed E-state index contributed by atoms with van der Waals surface area (Å²) in [6.07, 6.45) is -1.17. The van der Waals surface area contributed by atoms with Crippen LogP contribution in [0, 0.1) is 0 Å². The van der Waals surface area contributed by atoms with Gasteiger partial charge in [-0.2, -0.15) is 13.2 Å². The molecule has 9 heteroatoms. The van der Waals surface area contributed by atoms with Gasteiger partial charge in [-0.1, -0.05) is 0 Å². The first-order chi connectivity index (χ1) is 9.97. The van der Waals surface area contributed by atoms with Crippen LogP contribution >= 0.6 is 0 Å². The monoisotopic (exact) mass is 299 g/mol. The lowest BCUT2D eigenvalue weighted by Gasteiger charge is -2.20. The van der Waals surface area contributed by atoms with Crippen molar-refractivity contribution in [3.05, 3.63) is 47.7 Å². The van der Waals surface area contributed by atoms with E-state index in [9.17, 15) is 13.2 Å². The zero-order chi connectivity index (χ0) is 15.5. The van der Waals surface area contributed by atoms with Crippen LogP contribution in [0.2, 0.25) is 0 Å². The highest BCUT2D eigenvalue weighted by Gasteiger charge is 2.35. The molecule has 0 bridgehead atoms. The third-order valence-corrected chi connectivity index (χ3v) is 2.80. The number of hydrogen-bond acceptors (Lipinski definition) is 6. The van der Waals surface area contributed by atoms with Crippen LogP contribution in [0.25, 0.3) is 0 Å². The van der Waals surface area contributed by atoms with Crippen LogP contribution in [0.3, 0.4) is 0 Å². The largest absolute Gasteiger partial charge is 0.481 e. The van der Waals surface area contributed by atoms with Crippen LogP contribution in [0.15, 0.2) is 30.9 Å². The van der Waals surface area contributed by atoms with E-state index in [0.717, 1.165) is 18.5 Å². The van der Waals surface area contributed by atoms with Crippen LogP contribution < -0.4 is 16.0 Å². The van der Waals surface area contributed by atoms with E-state index >= 15 is 0 Å². The normalized spacial score (nSPS) is 13.0. The molecular formula is C12H12F3N5O. The summed E-state index contributed by atoms with van der Waals surface area (Å²) in [6.45, 7) is 0. The maximum absolute atomic E-state index is 13.1. The van der Waals surface area contributed by atoms with E-state index in [1.807, 2.05) is 0 Å². The maximum atomic E-state index is 13.1. The number of pyridine rings is 1. The zero-order valence-electron chi connectivity index (χ0n) is 10.9. The molecule has 21 heavy (non-hydrogen) atoms. The van der Waals surface area contributed by atoms with Gasteiger partial charge in [0.05, 0.1) is 24.4 Å². The first kappa shape index (κ1) is 15.1. The summed E-state index contributed by atoms with van der Waals surface area (Å²) in [6, 6.07) is 1.29. The first-order valence-electron chi connectivity index (χ1n) is 5.80. The standard InChI is InChI=1S/C12H12F3N5O/c1-21-10-4-9(18-6-19-10)11(20-16)7-5-17-3-2-8(7)12(13,14)15/h2-6,11,20H,16H2,1H3. The van der Waals surface area contributed by atoms with Gasteiger partial charge >= 0.3 is 6.18 Å². The van der Waals surface area contributed by atoms with Crippen LogP contribution in [0.1, 0.15) is 22.9 Å². The fourth-order valence-electron chi connectivity index (χ4n) is 1.85. The van der Waals surface area contributed by atoms with Gasteiger partial charge in [0.1, 0.15) is 6.33 Å². The average molecular weight is 299 g/mol. The molecule has 0 saturated carbocycles. The number of rotatable bonds is 4. The number of hydrogen-bond donors (Lipinski definition) is 2. The Kier molecular flexibility index (Phi) is 4.34. The Hall–Kier alpha value is -2.26. The first-order valence-corrected chi connectivity index (χ1v) is 5.80. The minimum absolute atomic E-state index is 0.131. The molecule has 0 spiro atoms. The average Bonchev–Trinajstić information content (AvgIpc) is 2.48. The molecule has 0 fully saturated rings. The number of hydrazine groups is 1. The molecule has 1 unspecified atom stereocenters. The molecule has 0 radical (unpaired) electrons. The molecule has 3 N–H and O–H groups in total. The van der Waals surface area contributed by atoms with Crippen LogP contribution in [-0.2, 0) is 6.18 Å². The summed E-state index contributed by atoms with van der Waals surface area (Å²) >= 11 is 0. The quantitative estimate of drug-likeness (QED) is 0.656. The fourth-order valence-corrected chi connectivity index (χ4v) is 1.85. The number of halogens is 3. The Labute approximate surface area is 118 Å². The van der Waals surface area contributed by atoms with Gasteiger partial charge in [0.2, 0.25) is 5.88 Å². The van der Waals surface area contributed by atoms with E-state index in [4.69, 9.17) is 10.6 Å². The third-order valence-electron chi connectivity index (χ3n) is 2.80. The van der Waals surface area contributed by atoms with E-state index < -0.39 is 17.8 Å². The summed E-state index contributed by atoms with van der Waals surface area (Å²) in [5.41, 5.74) is 1.58. The highest BCUT2D eigenvalue weighted by Crippen LogP contribution is 2.35. The van der Waals surface area contributed by atoms with Crippen LogP contribution in [-0.4, -0.2) is 22.1 Å². The van der Waals surface area contributed by atoms with Crippen molar-refractivity contribution in [3.63, 3.8) is 0 Å². The van der Waals surface area contributed by atoms with Gasteiger partial charge in [0, 0.05) is 24.0 Å². The van der Waals surface area contributed by atoms with E-state index in [-0.39, 0.29) is 17.1 Å². The van der Waals surface area contributed by atoms with Crippen molar-refractivity contribution in [2.75, 3.05) is 7.11 Å². The summed E-state index contributed by atoms with van der Waals surface area (Å²) in [7, 11) is 1.39. The van der Waals surface area contributed by atoms with Crippen molar-refractivity contribution in [1.82, 2.24) is 20.4 Å². The van der Waals surface area contributed by atoms with Gasteiger partial charge < -0.3 is 4.74 Å². The number of aromatic nitrogens is 3. The van der Waals surface area contributed by atoms with E-state index in [1.165, 1.54) is 19.5 Å². The molecule has 0 aliphatic carbocycles. The highest BCUT2D eigenvalue weighted by molar-refractivity contribution is 5.35. The van der Waals surface area contributed by atoms with E-state index in [0.29, 0.717) is 0 Å². The number of nitrogens with two attached hydrogens (primary N) is 1. The molecule has 2 aromatic heterocycles.